The fraction of sp³-hybridized carbons (Fsp3) is 0.520. The first-order valence-corrected chi connectivity index (χ1v) is 13.1. The highest BCUT2D eigenvalue weighted by Gasteiger charge is 2.45. The van der Waals surface area contributed by atoms with Crippen molar-refractivity contribution in [2.24, 2.45) is 5.73 Å². The van der Waals surface area contributed by atoms with E-state index in [1.54, 1.807) is 12.1 Å². The van der Waals surface area contributed by atoms with Gasteiger partial charge < -0.3 is 25.6 Å². The molecule has 20 heteroatoms. The second kappa shape index (κ2) is 15.6. The summed E-state index contributed by atoms with van der Waals surface area (Å²) in [5, 5.41) is 16.5. The Morgan fingerprint density at radius 1 is 0.889 bits per heavy atom. The number of carbonyl (C=O) groups excluding carboxylic acids is 4. The molecule has 2 fully saturated rings. The number of alkyl halides is 6. The van der Waals surface area contributed by atoms with Crippen LogP contribution in [0, 0.1) is 0 Å². The van der Waals surface area contributed by atoms with Gasteiger partial charge in [0.1, 0.15) is 6.04 Å². The number of halogens is 6. The van der Waals surface area contributed by atoms with Crippen molar-refractivity contribution in [2.75, 3.05) is 57.4 Å². The van der Waals surface area contributed by atoms with Gasteiger partial charge in [-0.05, 0) is 24.6 Å². The molecular formula is C25H29F6N5O9. The van der Waals surface area contributed by atoms with E-state index in [1.807, 2.05) is 6.07 Å². The Labute approximate surface area is 250 Å². The van der Waals surface area contributed by atoms with E-state index >= 15 is 0 Å². The molecule has 3 aliphatic rings. The lowest BCUT2D eigenvalue weighted by Crippen LogP contribution is -2.54. The first-order valence-electron chi connectivity index (χ1n) is 13.1. The molecule has 2 saturated heterocycles. The number of aliphatic carboxylic acids is 2. The molecule has 0 aliphatic carbocycles. The monoisotopic (exact) mass is 657 g/mol. The van der Waals surface area contributed by atoms with Crippen LogP contribution in [0.2, 0.25) is 0 Å². The van der Waals surface area contributed by atoms with E-state index in [9.17, 15) is 45.5 Å². The molecule has 4 amide bonds. The van der Waals surface area contributed by atoms with Gasteiger partial charge in [0.15, 0.2) is 0 Å². The number of carboxylic acid groups (broad SMARTS) is 2. The van der Waals surface area contributed by atoms with Crippen LogP contribution in [0.1, 0.15) is 33.6 Å². The Morgan fingerprint density at radius 3 is 1.91 bits per heavy atom. The van der Waals surface area contributed by atoms with Crippen molar-refractivity contribution >= 4 is 41.3 Å². The molecule has 5 N–H and O–H groups in total. The van der Waals surface area contributed by atoms with Crippen molar-refractivity contribution in [3.63, 3.8) is 0 Å². The van der Waals surface area contributed by atoms with E-state index in [-0.39, 0.29) is 18.7 Å². The normalized spacial score (nSPS) is 18.8. The lowest BCUT2D eigenvalue weighted by atomic mass is 10.0. The third-order valence-corrected chi connectivity index (χ3v) is 6.46. The number of nitrogens with zero attached hydrogens (tertiary/aromatic N) is 3. The number of imide groups is 2. The molecule has 4 rings (SSSR count). The van der Waals surface area contributed by atoms with Gasteiger partial charge >= 0.3 is 24.3 Å². The van der Waals surface area contributed by atoms with Gasteiger partial charge in [0.05, 0.1) is 24.3 Å². The van der Waals surface area contributed by atoms with Crippen LogP contribution in [-0.2, 0) is 23.9 Å². The lowest BCUT2D eigenvalue weighted by molar-refractivity contribution is -0.193. The molecule has 250 valence electrons. The van der Waals surface area contributed by atoms with Crippen LogP contribution < -0.4 is 16.0 Å². The minimum Gasteiger partial charge on any atom is -0.475 e. The zero-order valence-corrected chi connectivity index (χ0v) is 23.3. The van der Waals surface area contributed by atoms with E-state index in [0.29, 0.717) is 30.9 Å². The maximum absolute atomic E-state index is 13.0. The molecular weight excluding hydrogens is 628 g/mol. The number of rotatable bonds is 7. The molecule has 1 aromatic carbocycles. The van der Waals surface area contributed by atoms with Crippen LogP contribution in [0.3, 0.4) is 0 Å². The van der Waals surface area contributed by atoms with Crippen LogP contribution in [0.4, 0.5) is 32.0 Å². The van der Waals surface area contributed by atoms with Crippen molar-refractivity contribution in [1.29, 1.82) is 0 Å². The third kappa shape index (κ3) is 10.4. The zero-order chi connectivity index (χ0) is 34.1. The summed E-state index contributed by atoms with van der Waals surface area (Å²) in [4.78, 5) is 72.7. The van der Waals surface area contributed by atoms with E-state index in [2.05, 4.69) is 15.1 Å². The number of fused-ring (bicyclic) bond motifs is 1. The van der Waals surface area contributed by atoms with E-state index in [0.717, 1.165) is 43.3 Å². The van der Waals surface area contributed by atoms with Gasteiger partial charge in [-0.25, -0.2) is 9.59 Å². The van der Waals surface area contributed by atoms with Crippen molar-refractivity contribution in [3.05, 3.63) is 29.3 Å². The van der Waals surface area contributed by atoms with Crippen LogP contribution >= 0.6 is 0 Å². The molecule has 3 aliphatic heterocycles. The molecule has 14 nitrogen and oxygen atoms in total. The summed E-state index contributed by atoms with van der Waals surface area (Å²) in [5.74, 6) is -7.46. The number of piperazine rings is 1. The van der Waals surface area contributed by atoms with Crippen molar-refractivity contribution in [3.8, 4) is 0 Å². The number of carbonyl (C=O) groups is 6. The summed E-state index contributed by atoms with van der Waals surface area (Å²) >= 11 is 0. The van der Waals surface area contributed by atoms with Gasteiger partial charge in [-0.1, -0.05) is 0 Å². The van der Waals surface area contributed by atoms with Crippen molar-refractivity contribution in [1.82, 2.24) is 15.1 Å². The van der Waals surface area contributed by atoms with Crippen LogP contribution in [0.15, 0.2) is 18.2 Å². The molecule has 3 heterocycles. The highest BCUT2D eigenvalue weighted by Crippen LogP contribution is 2.31. The number of nitrogens with one attached hydrogen (secondary N) is 1. The number of hydrogen-bond donors (Lipinski definition) is 4. The highest BCUT2D eigenvalue weighted by molar-refractivity contribution is 6.23. The molecule has 1 aromatic rings. The Kier molecular flexibility index (Phi) is 12.8. The molecule has 0 radical (unpaired) electrons. The maximum Gasteiger partial charge on any atom is 0.490 e. The number of carboxylic acids is 2. The predicted octanol–water partition coefficient (Wildman–Crippen LogP) is 0.452. The topological polar surface area (TPSA) is 200 Å². The van der Waals surface area contributed by atoms with Crippen molar-refractivity contribution < 1.29 is 70.1 Å². The molecule has 1 atom stereocenters. The quantitative estimate of drug-likeness (QED) is 0.180. The average Bonchev–Trinajstić information content (AvgIpc) is 3.20. The second-order valence-electron chi connectivity index (χ2n) is 9.51. The van der Waals surface area contributed by atoms with Gasteiger partial charge in [-0.2, -0.15) is 26.3 Å². The van der Waals surface area contributed by atoms with Crippen LogP contribution in [0.5, 0.6) is 0 Å². The van der Waals surface area contributed by atoms with Crippen LogP contribution in [0.25, 0.3) is 0 Å². The summed E-state index contributed by atoms with van der Waals surface area (Å²) in [7, 11) is 0. The average molecular weight is 658 g/mol. The van der Waals surface area contributed by atoms with E-state index < -0.39 is 48.1 Å². The Bertz CT molecular complexity index is 1260. The fourth-order valence-electron chi connectivity index (χ4n) is 4.26. The summed E-state index contributed by atoms with van der Waals surface area (Å²) in [6, 6.07) is 4.29. The number of anilines is 1. The molecule has 0 bridgehead atoms. The summed E-state index contributed by atoms with van der Waals surface area (Å²) in [6.45, 7) is 5.95. The molecule has 1 unspecified atom stereocenters. The summed E-state index contributed by atoms with van der Waals surface area (Å²) < 4.78 is 68.9. The minimum absolute atomic E-state index is 0.108. The van der Waals surface area contributed by atoms with Crippen LogP contribution in [-0.4, -0.2) is 126 Å². The number of piperidine rings is 1. The summed E-state index contributed by atoms with van der Waals surface area (Å²) in [6.07, 6.45) is -9.91. The zero-order valence-electron chi connectivity index (χ0n) is 23.3. The first kappa shape index (κ1) is 36.9. The largest absolute Gasteiger partial charge is 0.490 e. The van der Waals surface area contributed by atoms with E-state index in [1.165, 1.54) is 0 Å². The minimum atomic E-state index is -5.08. The number of nitrogens with two attached hydrogens (primary N) is 1. The van der Waals surface area contributed by atoms with Gasteiger partial charge in [-0.15, -0.1) is 0 Å². The Hall–Kier alpha value is -4.30. The van der Waals surface area contributed by atoms with Gasteiger partial charge in [0.2, 0.25) is 11.8 Å². The molecule has 0 spiro atoms. The van der Waals surface area contributed by atoms with Gasteiger partial charge in [0, 0.05) is 51.4 Å². The number of ether oxygens (including phenoxy) is 1. The smallest absolute Gasteiger partial charge is 0.475 e. The summed E-state index contributed by atoms with van der Waals surface area (Å²) in [5.41, 5.74) is 6.91. The highest BCUT2D eigenvalue weighted by atomic mass is 19.4. The molecule has 0 aromatic heterocycles. The van der Waals surface area contributed by atoms with Gasteiger partial charge in [0.25, 0.3) is 11.8 Å². The SMILES string of the molecule is NCCOCCN1CCN(c2ccc3c(c2)C(=O)N(C2CCC(=O)NC2=O)C3=O)CC1.O=C(O)C(F)(F)F.O=C(O)C(F)(F)F. The van der Waals surface area contributed by atoms with E-state index in [4.69, 9.17) is 30.3 Å². The van der Waals surface area contributed by atoms with Gasteiger partial charge in [-0.3, -0.25) is 34.3 Å². The standard InChI is InChI=1S/C21H27N5O5.2C2HF3O2/c22-5-11-31-12-10-24-6-8-25(9-7-24)14-1-2-15-16(13-14)21(30)26(20(15)29)17-3-4-18(27)23-19(17)28;2*3-2(4,5)1(6)7/h1-2,13,17H,3-12,22H2,(H,23,27,28);2*(H,6,7). The number of benzene rings is 1. The molecule has 45 heavy (non-hydrogen) atoms. The molecule has 0 saturated carbocycles. The predicted molar refractivity (Wildman–Crippen MR) is 139 cm³/mol. The lowest BCUT2D eigenvalue weighted by Gasteiger charge is -2.36. The van der Waals surface area contributed by atoms with Crippen molar-refractivity contribution in [2.45, 2.75) is 31.2 Å². The fourth-order valence-corrected chi connectivity index (χ4v) is 4.26. The Morgan fingerprint density at radius 2 is 1.42 bits per heavy atom. The first-order chi connectivity index (χ1) is 20.9. The number of hydrogen-bond acceptors (Lipinski definition) is 10. The maximum atomic E-state index is 13.0. The third-order valence-electron chi connectivity index (χ3n) is 6.46. The number of amides is 4. The second-order valence-corrected chi connectivity index (χ2v) is 9.51. The Balaban J connectivity index is 0.000000421.